The van der Waals surface area contributed by atoms with Gasteiger partial charge in [-0.3, -0.25) is 4.79 Å². The lowest BCUT2D eigenvalue weighted by atomic mass is 9.97. The van der Waals surface area contributed by atoms with Crippen LogP contribution in [0.15, 0.2) is 0 Å². The number of aliphatic hydroxyl groups is 1. The highest BCUT2D eigenvalue weighted by molar-refractivity contribution is 5.79. The maximum atomic E-state index is 11.8. The first kappa shape index (κ1) is 11.5. The molecular weight excluding hydrogens is 178 g/mol. The van der Waals surface area contributed by atoms with E-state index in [2.05, 4.69) is 12.2 Å². The van der Waals surface area contributed by atoms with Gasteiger partial charge in [-0.15, -0.1) is 0 Å². The molecule has 0 heterocycles. The third-order valence-electron chi connectivity index (χ3n) is 3.26. The minimum Gasteiger partial charge on any atom is -0.394 e. The number of amides is 1. The summed E-state index contributed by atoms with van der Waals surface area (Å²) in [6.07, 6.45) is 4.13. The molecule has 0 aromatic carbocycles. The van der Waals surface area contributed by atoms with Crippen LogP contribution in [0.3, 0.4) is 0 Å². The van der Waals surface area contributed by atoms with Gasteiger partial charge in [0.15, 0.2) is 0 Å². The molecule has 1 fully saturated rings. The van der Waals surface area contributed by atoms with Gasteiger partial charge in [0.25, 0.3) is 0 Å². The molecule has 2 N–H and O–H groups in total. The minimum atomic E-state index is -0.0599. The number of nitrogens with one attached hydrogen (secondary N) is 1. The van der Waals surface area contributed by atoms with Gasteiger partial charge >= 0.3 is 0 Å². The Hall–Kier alpha value is -0.570. The van der Waals surface area contributed by atoms with Crippen LogP contribution in [0.1, 0.15) is 39.5 Å². The molecule has 0 aliphatic heterocycles. The molecule has 3 nitrogen and oxygen atoms in total. The topological polar surface area (TPSA) is 49.3 Å². The third kappa shape index (κ3) is 2.71. The number of aliphatic hydroxyl groups excluding tert-OH is 1. The van der Waals surface area contributed by atoms with Crippen LogP contribution in [-0.2, 0) is 4.79 Å². The summed E-state index contributed by atoms with van der Waals surface area (Å²) >= 11 is 0. The average molecular weight is 199 g/mol. The van der Waals surface area contributed by atoms with Crippen molar-refractivity contribution in [1.82, 2.24) is 5.32 Å². The van der Waals surface area contributed by atoms with Gasteiger partial charge in [0.1, 0.15) is 0 Å². The van der Waals surface area contributed by atoms with E-state index in [1.807, 2.05) is 6.92 Å². The lowest BCUT2D eigenvalue weighted by molar-refractivity contribution is -0.126. The number of carbonyl (C=O) groups is 1. The maximum Gasteiger partial charge on any atom is 0.223 e. The lowest BCUT2D eigenvalue weighted by Crippen LogP contribution is -2.41. The van der Waals surface area contributed by atoms with E-state index in [1.54, 1.807) is 0 Å². The molecule has 3 atom stereocenters. The van der Waals surface area contributed by atoms with Crippen LogP contribution in [0, 0.1) is 11.8 Å². The van der Waals surface area contributed by atoms with E-state index in [1.165, 1.54) is 0 Å². The van der Waals surface area contributed by atoms with Crippen LogP contribution in [-0.4, -0.2) is 23.7 Å². The molecule has 0 aromatic heterocycles. The fourth-order valence-corrected chi connectivity index (χ4v) is 2.12. The van der Waals surface area contributed by atoms with E-state index in [0.29, 0.717) is 5.92 Å². The molecule has 0 bridgehead atoms. The molecule has 1 saturated carbocycles. The molecule has 1 rings (SSSR count). The highest BCUT2D eigenvalue weighted by atomic mass is 16.3. The van der Waals surface area contributed by atoms with Crippen LogP contribution in [0.2, 0.25) is 0 Å². The number of hydrogen-bond acceptors (Lipinski definition) is 2. The second kappa shape index (κ2) is 5.35. The van der Waals surface area contributed by atoms with E-state index >= 15 is 0 Å². The molecule has 1 amide bonds. The van der Waals surface area contributed by atoms with E-state index < -0.39 is 0 Å². The van der Waals surface area contributed by atoms with Gasteiger partial charge in [0, 0.05) is 5.92 Å². The van der Waals surface area contributed by atoms with Gasteiger partial charge < -0.3 is 10.4 Å². The predicted octanol–water partition coefficient (Wildman–Crippen LogP) is 1.31. The van der Waals surface area contributed by atoms with Crippen LogP contribution in [0.5, 0.6) is 0 Å². The van der Waals surface area contributed by atoms with Crippen molar-refractivity contribution in [3.05, 3.63) is 0 Å². The van der Waals surface area contributed by atoms with Crippen molar-refractivity contribution in [3.8, 4) is 0 Å². The molecule has 1 aliphatic rings. The normalized spacial score (nSPS) is 28.8. The zero-order valence-electron chi connectivity index (χ0n) is 9.12. The van der Waals surface area contributed by atoms with Crippen LogP contribution in [0.25, 0.3) is 0 Å². The maximum absolute atomic E-state index is 11.8. The molecule has 0 radical (unpaired) electrons. The number of rotatable bonds is 4. The molecule has 14 heavy (non-hydrogen) atoms. The first-order chi connectivity index (χ1) is 6.69. The summed E-state index contributed by atoms with van der Waals surface area (Å²) in [6.45, 7) is 4.15. The highest BCUT2D eigenvalue weighted by Crippen LogP contribution is 2.31. The first-order valence-electron chi connectivity index (χ1n) is 5.60. The monoisotopic (exact) mass is 199 g/mol. The van der Waals surface area contributed by atoms with Gasteiger partial charge in [0.05, 0.1) is 12.6 Å². The van der Waals surface area contributed by atoms with Crippen molar-refractivity contribution in [2.24, 2.45) is 11.8 Å². The van der Waals surface area contributed by atoms with Crippen molar-refractivity contribution in [2.75, 3.05) is 6.61 Å². The standard InChI is InChI=1S/C11H21NO2/c1-3-9(7-13)12-11(14)10-6-4-5-8(10)2/h8-10,13H,3-7H2,1-2H3,(H,12,14)/t8?,9-,10?/m0/s1. The van der Waals surface area contributed by atoms with Gasteiger partial charge in [-0.25, -0.2) is 0 Å². The second-order valence-electron chi connectivity index (χ2n) is 4.31. The Bertz CT molecular complexity index is 190. The van der Waals surface area contributed by atoms with Crippen LogP contribution < -0.4 is 5.32 Å². The summed E-state index contributed by atoms with van der Waals surface area (Å²) in [5, 5.41) is 11.9. The highest BCUT2D eigenvalue weighted by Gasteiger charge is 2.30. The van der Waals surface area contributed by atoms with E-state index in [4.69, 9.17) is 5.11 Å². The van der Waals surface area contributed by atoms with Crippen molar-refractivity contribution in [3.63, 3.8) is 0 Å². The van der Waals surface area contributed by atoms with Gasteiger partial charge in [-0.05, 0) is 25.2 Å². The largest absolute Gasteiger partial charge is 0.394 e. The van der Waals surface area contributed by atoms with Crippen molar-refractivity contribution < 1.29 is 9.90 Å². The molecule has 0 spiro atoms. The van der Waals surface area contributed by atoms with Gasteiger partial charge in [0.2, 0.25) is 5.91 Å². The summed E-state index contributed by atoms with van der Waals surface area (Å²) < 4.78 is 0. The van der Waals surface area contributed by atoms with E-state index in [-0.39, 0.29) is 24.5 Å². The molecule has 3 heteroatoms. The number of hydrogen-bond donors (Lipinski definition) is 2. The average Bonchev–Trinajstić information content (AvgIpc) is 2.60. The van der Waals surface area contributed by atoms with Crippen LogP contribution in [0.4, 0.5) is 0 Å². The summed E-state index contributed by atoms with van der Waals surface area (Å²) in [6, 6.07) is -0.0599. The second-order valence-corrected chi connectivity index (χ2v) is 4.31. The Morgan fingerprint density at radius 2 is 2.29 bits per heavy atom. The van der Waals surface area contributed by atoms with Crippen LogP contribution >= 0.6 is 0 Å². The Balaban J connectivity index is 2.40. The Morgan fingerprint density at radius 1 is 1.57 bits per heavy atom. The third-order valence-corrected chi connectivity index (χ3v) is 3.26. The first-order valence-corrected chi connectivity index (χ1v) is 5.60. The fourth-order valence-electron chi connectivity index (χ4n) is 2.12. The quantitative estimate of drug-likeness (QED) is 0.717. The molecule has 0 saturated heterocycles. The van der Waals surface area contributed by atoms with E-state index in [0.717, 1.165) is 25.7 Å². The van der Waals surface area contributed by atoms with Crippen molar-refractivity contribution in [2.45, 2.75) is 45.6 Å². The Labute approximate surface area is 85.9 Å². The smallest absolute Gasteiger partial charge is 0.223 e. The van der Waals surface area contributed by atoms with Crippen molar-refractivity contribution >= 4 is 5.91 Å². The SMILES string of the molecule is CC[C@@H](CO)NC(=O)C1CCCC1C. The molecular formula is C11H21NO2. The zero-order valence-corrected chi connectivity index (χ0v) is 9.12. The van der Waals surface area contributed by atoms with Gasteiger partial charge in [-0.2, -0.15) is 0 Å². The summed E-state index contributed by atoms with van der Waals surface area (Å²) in [4.78, 5) is 11.8. The van der Waals surface area contributed by atoms with Crippen molar-refractivity contribution in [1.29, 1.82) is 0 Å². The summed E-state index contributed by atoms with van der Waals surface area (Å²) in [5.74, 6) is 0.817. The Kier molecular flexibility index (Phi) is 4.39. The summed E-state index contributed by atoms with van der Waals surface area (Å²) in [5.41, 5.74) is 0. The number of carbonyl (C=O) groups excluding carboxylic acids is 1. The fraction of sp³-hybridized carbons (Fsp3) is 0.909. The zero-order chi connectivity index (χ0) is 10.6. The summed E-state index contributed by atoms with van der Waals surface area (Å²) in [7, 11) is 0. The Morgan fingerprint density at radius 3 is 2.71 bits per heavy atom. The molecule has 2 unspecified atom stereocenters. The molecule has 1 aliphatic carbocycles. The lowest BCUT2D eigenvalue weighted by Gasteiger charge is -2.19. The van der Waals surface area contributed by atoms with Gasteiger partial charge in [-0.1, -0.05) is 20.3 Å². The predicted molar refractivity (Wildman–Crippen MR) is 55.8 cm³/mol. The molecule has 82 valence electrons. The molecule has 0 aromatic rings. The minimum absolute atomic E-state index is 0.0450. The van der Waals surface area contributed by atoms with E-state index in [9.17, 15) is 4.79 Å².